The van der Waals surface area contributed by atoms with Crippen LogP contribution >= 0.6 is 0 Å². The number of hydrogen-bond acceptors (Lipinski definition) is 1. The van der Waals surface area contributed by atoms with Crippen molar-refractivity contribution >= 4 is 32.3 Å². The van der Waals surface area contributed by atoms with Gasteiger partial charge < -0.3 is 4.74 Å². The zero-order valence-corrected chi connectivity index (χ0v) is 20.1. The maximum atomic E-state index is 6.39. The summed E-state index contributed by atoms with van der Waals surface area (Å²) in [5.74, 6) is 1.83. The van der Waals surface area contributed by atoms with Crippen molar-refractivity contribution < 1.29 is 4.74 Å². The van der Waals surface area contributed by atoms with Crippen molar-refractivity contribution in [2.24, 2.45) is 0 Å². The minimum atomic E-state index is 0.907. The Morgan fingerprint density at radius 1 is 0.351 bits per heavy atom. The fourth-order valence-corrected chi connectivity index (χ4v) is 6.13. The summed E-state index contributed by atoms with van der Waals surface area (Å²) in [6, 6.07) is 47.8. The molecule has 0 N–H and O–H groups in total. The molecule has 0 unspecified atom stereocenters. The predicted molar refractivity (Wildman–Crippen MR) is 155 cm³/mol. The molecule has 0 amide bonds. The second kappa shape index (κ2) is 7.81. The van der Waals surface area contributed by atoms with Crippen LogP contribution in [0.15, 0.2) is 133 Å². The van der Waals surface area contributed by atoms with Crippen molar-refractivity contribution in [2.75, 3.05) is 0 Å². The van der Waals surface area contributed by atoms with Gasteiger partial charge in [-0.2, -0.15) is 0 Å². The third-order valence-corrected chi connectivity index (χ3v) is 7.65. The Morgan fingerprint density at radius 2 is 0.946 bits per heavy atom. The summed E-state index contributed by atoms with van der Waals surface area (Å²) in [4.78, 5) is 0. The smallest absolute Gasteiger partial charge is 0.135 e. The molecule has 8 rings (SSSR count). The zero-order valence-electron chi connectivity index (χ0n) is 20.1. The van der Waals surface area contributed by atoms with E-state index in [1.54, 1.807) is 0 Å². The Morgan fingerprint density at radius 3 is 1.68 bits per heavy atom. The highest BCUT2D eigenvalue weighted by Crippen LogP contribution is 2.53. The third kappa shape index (κ3) is 2.92. The summed E-state index contributed by atoms with van der Waals surface area (Å²) in [7, 11) is 0. The minimum Gasteiger partial charge on any atom is -0.456 e. The topological polar surface area (TPSA) is 9.23 Å². The average Bonchev–Trinajstić information content (AvgIpc) is 2.97. The van der Waals surface area contributed by atoms with Gasteiger partial charge in [0.25, 0.3) is 0 Å². The number of para-hydroxylation sites is 1. The molecule has 172 valence electrons. The molecule has 1 heteroatoms. The molecule has 37 heavy (non-hydrogen) atoms. The van der Waals surface area contributed by atoms with Crippen LogP contribution < -0.4 is 4.74 Å². The van der Waals surface area contributed by atoms with E-state index in [2.05, 4.69) is 127 Å². The van der Waals surface area contributed by atoms with Gasteiger partial charge in [-0.1, -0.05) is 121 Å². The molecule has 1 nitrogen and oxygen atoms in total. The lowest BCUT2D eigenvalue weighted by atomic mass is 9.82. The first-order chi connectivity index (χ1) is 18.4. The van der Waals surface area contributed by atoms with Gasteiger partial charge in [0, 0.05) is 16.5 Å². The van der Waals surface area contributed by atoms with Gasteiger partial charge in [0.2, 0.25) is 0 Å². The summed E-state index contributed by atoms with van der Waals surface area (Å²) in [6.45, 7) is 0. The fourth-order valence-electron chi connectivity index (χ4n) is 6.13. The third-order valence-electron chi connectivity index (χ3n) is 7.65. The molecule has 0 saturated carbocycles. The van der Waals surface area contributed by atoms with Crippen molar-refractivity contribution in [3.05, 3.63) is 133 Å². The summed E-state index contributed by atoms with van der Waals surface area (Å²) >= 11 is 0. The van der Waals surface area contributed by atoms with E-state index in [9.17, 15) is 0 Å². The summed E-state index contributed by atoms with van der Waals surface area (Å²) in [5, 5.41) is 7.43. The second-order valence-electron chi connectivity index (χ2n) is 9.65. The van der Waals surface area contributed by atoms with Crippen LogP contribution in [-0.4, -0.2) is 0 Å². The Labute approximate surface area is 215 Å². The quantitative estimate of drug-likeness (QED) is 0.228. The predicted octanol–water partition coefficient (Wildman–Crippen LogP) is 10.3. The number of ether oxygens (including phenoxy) is 1. The Hall–Kier alpha value is -4.88. The summed E-state index contributed by atoms with van der Waals surface area (Å²) < 4.78 is 6.39. The average molecular weight is 471 g/mol. The highest BCUT2D eigenvalue weighted by molar-refractivity contribution is 6.24. The molecule has 1 aliphatic rings. The summed E-state index contributed by atoms with van der Waals surface area (Å²) in [5.41, 5.74) is 7.42. The van der Waals surface area contributed by atoms with Crippen LogP contribution in [0.4, 0.5) is 0 Å². The lowest BCUT2D eigenvalue weighted by molar-refractivity contribution is 0.487. The van der Waals surface area contributed by atoms with E-state index in [4.69, 9.17) is 4.74 Å². The van der Waals surface area contributed by atoms with E-state index in [1.807, 2.05) is 6.07 Å². The Bertz CT molecular complexity index is 1940. The monoisotopic (exact) mass is 470 g/mol. The number of fused-ring (bicyclic) bond motifs is 4. The summed E-state index contributed by atoms with van der Waals surface area (Å²) in [6.07, 6.45) is 0. The molecular formula is C36H22O. The molecule has 0 bridgehead atoms. The molecule has 0 saturated heterocycles. The van der Waals surface area contributed by atoms with Gasteiger partial charge in [-0.25, -0.2) is 0 Å². The van der Waals surface area contributed by atoms with Crippen molar-refractivity contribution in [3.63, 3.8) is 0 Å². The molecule has 0 spiro atoms. The number of hydrogen-bond donors (Lipinski definition) is 0. The highest BCUT2D eigenvalue weighted by Gasteiger charge is 2.25. The van der Waals surface area contributed by atoms with Crippen molar-refractivity contribution in [3.8, 4) is 44.9 Å². The lowest BCUT2D eigenvalue weighted by Gasteiger charge is -2.25. The van der Waals surface area contributed by atoms with Crippen LogP contribution in [-0.2, 0) is 0 Å². The maximum Gasteiger partial charge on any atom is 0.135 e. The molecule has 1 heterocycles. The zero-order chi connectivity index (χ0) is 24.3. The highest BCUT2D eigenvalue weighted by atomic mass is 16.5. The Kier molecular flexibility index (Phi) is 4.29. The van der Waals surface area contributed by atoms with E-state index in [0.29, 0.717) is 0 Å². The van der Waals surface area contributed by atoms with Gasteiger partial charge in [-0.15, -0.1) is 0 Å². The van der Waals surface area contributed by atoms with Gasteiger partial charge in [-0.3, -0.25) is 0 Å². The molecule has 0 radical (unpaired) electrons. The van der Waals surface area contributed by atoms with Crippen molar-refractivity contribution in [2.45, 2.75) is 0 Å². The van der Waals surface area contributed by atoms with E-state index >= 15 is 0 Å². The first-order valence-electron chi connectivity index (χ1n) is 12.7. The minimum absolute atomic E-state index is 0.907. The Balaban J connectivity index is 1.59. The van der Waals surface area contributed by atoms with Crippen LogP contribution in [0.1, 0.15) is 0 Å². The molecule has 7 aromatic rings. The maximum absolute atomic E-state index is 6.39. The van der Waals surface area contributed by atoms with Crippen LogP contribution in [0, 0.1) is 0 Å². The fraction of sp³-hybridized carbons (Fsp3) is 0. The first kappa shape index (κ1) is 20.3. The SMILES string of the molecule is c1ccc(-c2c3ccccc3c(-c3ccc4cccc5c4c3-c3ccccc3O5)c3ccccc23)cc1. The van der Waals surface area contributed by atoms with E-state index in [0.717, 1.165) is 17.1 Å². The van der Waals surface area contributed by atoms with Crippen LogP contribution in [0.2, 0.25) is 0 Å². The van der Waals surface area contributed by atoms with E-state index in [-0.39, 0.29) is 0 Å². The van der Waals surface area contributed by atoms with Crippen LogP contribution in [0.3, 0.4) is 0 Å². The van der Waals surface area contributed by atoms with Crippen LogP contribution in [0.5, 0.6) is 11.5 Å². The van der Waals surface area contributed by atoms with Gasteiger partial charge in [0.05, 0.1) is 0 Å². The van der Waals surface area contributed by atoms with Gasteiger partial charge in [0.1, 0.15) is 11.5 Å². The first-order valence-corrected chi connectivity index (χ1v) is 12.7. The van der Waals surface area contributed by atoms with Gasteiger partial charge in [0.15, 0.2) is 0 Å². The lowest BCUT2D eigenvalue weighted by Crippen LogP contribution is -1.99. The van der Waals surface area contributed by atoms with Gasteiger partial charge in [-0.05, 0) is 61.3 Å². The molecule has 0 fully saturated rings. The number of benzene rings is 7. The molecular weight excluding hydrogens is 448 g/mol. The van der Waals surface area contributed by atoms with E-state index in [1.165, 1.54) is 60.1 Å². The molecule has 1 aliphatic heterocycles. The molecule has 0 atom stereocenters. The number of rotatable bonds is 2. The normalized spacial score (nSPS) is 12.0. The van der Waals surface area contributed by atoms with Crippen molar-refractivity contribution in [1.82, 2.24) is 0 Å². The largest absolute Gasteiger partial charge is 0.456 e. The van der Waals surface area contributed by atoms with Crippen LogP contribution in [0.25, 0.3) is 65.7 Å². The molecule has 0 aromatic heterocycles. The molecule has 0 aliphatic carbocycles. The molecule has 7 aromatic carbocycles. The van der Waals surface area contributed by atoms with E-state index < -0.39 is 0 Å². The van der Waals surface area contributed by atoms with Crippen molar-refractivity contribution in [1.29, 1.82) is 0 Å². The second-order valence-corrected chi connectivity index (χ2v) is 9.65. The van der Waals surface area contributed by atoms with Gasteiger partial charge >= 0.3 is 0 Å². The standard InChI is InChI=1S/C36H22O/c1-2-11-23(12-3-1)33-25-14-4-6-16-27(25)35(28-17-7-5-15-26(28)33)30-22-21-24-13-10-20-32-34(24)36(30)29-18-8-9-19-31(29)37-32/h1-22H.